The molecule has 0 aromatic heterocycles. The Kier molecular flexibility index (Phi) is 13.1. The van der Waals surface area contributed by atoms with Crippen LogP contribution in [-0.2, 0) is 14.9 Å². The lowest BCUT2D eigenvalue weighted by Gasteiger charge is -2.37. The van der Waals surface area contributed by atoms with Crippen molar-refractivity contribution in [1.82, 2.24) is 10.6 Å². The normalized spacial score (nSPS) is 23.2. The van der Waals surface area contributed by atoms with E-state index in [1.807, 2.05) is 56.3 Å². The largest absolute Gasteiger partial charge is 0.381 e. The summed E-state index contributed by atoms with van der Waals surface area (Å²) in [5, 5.41) is 18.1. The maximum absolute atomic E-state index is 10.5. The van der Waals surface area contributed by atoms with Gasteiger partial charge in [0.15, 0.2) is 0 Å². The van der Waals surface area contributed by atoms with Gasteiger partial charge in [0, 0.05) is 48.3 Å². The van der Waals surface area contributed by atoms with Gasteiger partial charge in [-0.15, -0.1) is 0 Å². The maximum Gasteiger partial charge on any atom is 0.207 e. The summed E-state index contributed by atoms with van der Waals surface area (Å²) in [5.41, 5.74) is 1.55. The molecule has 2 saturated heterocycles. The molecular formula is C31H43Cl2N3O2. The molecule has 0 radical (unpaired) electrons. The van der Waals surface area contributed by atoms with Crippen molar-refractivity contribution in [3.8, 4) is 6.07 Å². The fraction of sp³-hybridized carbons (Fsp3) is 0.548. The minimum atomic E-state index is -0.664. The Morgan fingerprint density at radius 1 is 1.11 bits per heavy atom. The number of halogens is 2. The summed E-state index contributed by atoms with van der Waals surface area (Å²) in [6.07, 6.45) is 3.83. The Hall–Kier alpha value is -2.10. The molecule has 2 aliphatic heterocycles. The third-order valence-corrected chi connectivity index (χ3v) is 7.56. The molecule has 7 heteroatoms. The molecule has 2 fully saturated rings. The minimum Gasteiger partial charge on any atom is -0.381 e. The predicted octanol–water partition coefficient (Wildman–Crippen LogP) is 7.13. The summed E-state index contributed by atoms with van der Waals surface area (Å²) >= 11 is 12.4. The van der Waals surface area contributed by atoms with Gasteiger partial charge in [-0.25, -0.2) is 0 Å². The molecule has 4 rings (SSSR count). The van der Waals surface area contributed by atoms with E-state index in [-0.39, 0.29) is 17.4 Å². The number of benzene rings is 2. The molecule has 2 aromatic rings. The zero-order valence-corrected chi connectivity index (χ0v) is 24.9. The van der Waals surface area contributed by atoms with Gasteiger partial charge >= 0.3 is 0 Å². The number of hydrogen-bond donors (Lipinski definition) is 2. The molecule has 0 bridgehead atoms. The fourth-order valence-electron chi connectivity index (χ4n) is 5.29. The van der Waals surface area contributed by atoms with Crippen LogP contribution in [-0.4, -0.2) is 38.8 Å². The molecule has 2 unspecified atom stereocenters. The zero-order chi connectivity index (χ0) is 28.2. The first-order chi connectivity index (χ1) is 18.2. The van der Waals surface area contributed by atoms with E-state index in [0.717, 1.165) is 63.1 Å². The molecule has 2 heterocycles. The molecule has 1 amide bonds. The van der Waals surface area contributed by atoms with E-state index in [2.05, 4.69) is 43.5 Å². The smallest absolute Gasteiger partial charge is 0.207 e. The second-order valence-corrected chi connectivity index (χ2v) is 11.8. The summed E-state index contributed by atoms with van der Waals surface area (Å²) in [6.45, 7) is 13.9. The van der Waals surface area contributed by atoms with E-state index < -0.39 is 5.41 Å². The van der Waals surface area contributed by atoms with Gasteiger partial charge in [0.2, 0.25) is 6.41 Å². The standard InChI is InChI=1S/C22H24Cl2N2.C7H13NO2.C2H6/c1-21(2,3)12-20-22(14-25,16-7-9-17(23)10-8-16)19(13-26-20)15-5-4-6-18(24)11-15;9-6-8-5-7-1-3-10-4-2-7;1-2/h4-11,19-20,26H,12-13H2,1-3H3;6-7H,1-5H2,(H,8,9);1-2H3/t19?,20?,22-;;/m1../s1. The lowest BCUT2D eigenvalue weighted by molar-refractivity contribution is -0.109. The highest BCUT2D eigenvalue weighted by Gasteiger charge is 2.53. The van der Waals surface area contributed by atoms with E-state index in [4.69, 9.17) is 27.9 Å². The summed E-state index contributed by atoms with van der Waals surface area (Å²) in [6, 6.07) is 18.4. The van der Waals surface area contributed by atoms with Crippen LogP contribution < -0.4 is 10.6 Å². The Balaban J connectivity index is 0.000000353. The van der Waals surface area contributed by atoms with Crippen molar-refractivity contribution in [3.05, 3.63) is 69.7 Å². The minimum absolute atomic E-state index is 0.0275. The van der Waals surface area contributed by atoms with E-state index in [0.29, 0.717) is 16.0 Å². The first-order valence-corrected chi connectivity index (χ1v) is 14.4. The molecule has 0 saturated carbocycles. The molecule has 38 heavy (non-hydrogen) atoms. The van der Waals surface area contributed by atoms with Crippen LogP contribution in [0.3, 0.4) is 0 Å². The summed E-state index contributed by atoms with van der Waals surface area (Å²) < 4.78 is 5.16. The van der Waals surface area contributed by atoms with Gasteiger partial charge in [-0.3, -0.25) is 4.79 Å². The van der Waals surface area contributed by atoms with Crippen LogP contribution in [0.5, 0.6) is 0 Å². The van der Waals surface area contributed by atoms with Crippen LogP contribution in [0, 0.1) is 22.7 Å². The van der Waals surface area contributed by atoms with Crippen molar-refractivity contribution in [2.45, 2.75) is 71.3 Å². The first-order valence-electron chi connectivity index (χ1n) is 13.6. The third kappa shape index (κ3) is 8.71. The van der Waals surface area contributed by atoms with Gasteiger partial charge in [0.25, 0.3) is 0 Å². The van der Waals surface area contributed by atoms with Gasteiger partial charge < -0.3 is 15.4 Å². The number of hydrogen-bond acceptors (Lipinski definition) is 4. The predicted molar refractivity (Wildman–Crippen MR) is 158 cm³/mol. The van der Waals surface area contributed by atoms with Crippen LogP contribution in [0.2, 0.25) is 10.0 Å². The van der Waals surface area contributed by atoms with Crippen molar-refractivity contribution in [2.24, 2.45) is 11.3 Å². The number of amides is 1. The second-order valence-electron chi connectivity index (χ2n) is 10.9. The second kappa shape index (κ2) is 15.5. The Morgan fingerprint density at radius 3 is 2.32 bits per heavy atom. The quantitative estimate of drug-likeness (QED) is 0.369. The number of rotatable bonds is 6. The monoisotopic (exact) mass is 559 g/mol. The molecular weight excluding hydrogens is 517 g/mol. The zero-order valence-electron chi connectivity index (χ0n) is 23.4. The van der Waals surface area contributed by atoms with Crippen LogP contribution >= 0.6 is 23.2 Å². The molecule has 2 aromatic carbocycles. The van der Waals surface area contributed by atoms with E-state index >= 15 is 0 Å². The molecule has 0 aliphatic carbocycles. The topological polar surface area (TPSA) is 74.2 Å². The van der Waals surface area contributed by atoms with Gasteiger partial charge in [-0.1, -0.05) is 82.1 Å². The van der Waals surface area contributed by atoms with Gasteiger partial charge in [-0.05, 0) is 66.0 Å². The average Bonchev–Trinajstić information content (AvgIpc) is 3.27. The summed E-state index contributed by atoms with van der Waals surface area (Å²) in [7, 11) is 0. The number of nitriles is 1. The highest BCUT2D eigenvalue weighted by Crippen LogP contribution is 2.48. The third-order valence-electron chi connectivity index (χ3n) is 7.07. The van der Waals surface area contributed by atoms with Crippen molar-refractivity contribution in [1.29, 1.82) is 5.26 Å². The van der Waals surface area contributed by atoms with E-state index in [1.54, 1.807) is 0 Å². The summed E-state index contributed by atoms with van der Waals surface area (Å²) in [5.74, 6) is 0.665. The number of nitrogens with zero attached hydrogens (tertiary/aromatic N) is 1. The lowest BCUT2D eigenvalue weighted by atomic mass is 9.64. The fourth-order valence-corrected chi connectivity index (χ4v) is 5.61. The highest BCUT2D eigenvalue weighted by molar-refractivity contribution is 6.30. The number of nitrogens with one attached hydrogen (secondary N) is 2. The highest BCUT2D eigenvalue weighted by atomic mass is 35.5. The first kappa shape index (κ1) is 32.1. The van der Waals surface area contributed by atoms with Crippen LogP contribution in [0.4, 0.5) is 0 Å². The van der Waals surface area contributed by atoms with Crippen molar-refractivity contribution in [3.63, 3.8) is 0 Å². The molecule has 0 spiro atoms. The van der Waals surface area contributed by atoms with Gasteiger partial charge in [0.1, 0.15) is 5.41 Å². The number of carbonyl (C=O) groups excluding carboxylic acids is 1. The number of carbonyl (C=O) groups is 1. The molecule has 2 N–H and O–H groups in total. The average molecular weight is 561 g/mol. The SMILES string of the molecule is CC.CC(C)(C)CC1NCC(c2cccc(Cl)c2)[C@@]1(C#N)c1ccc(Cl)cc1.O=CNCC1CCOCC1. The van der Waals surface area contributed by atoms with Crippen molar-refractivity contribution >= 4 is 29.6 Å². The van der Waals surface area contributed by atoms with E-state index in [9.17, 15) is 10.1 Å². The molecule has 208 valence electrons. The van der Waals surface area contributed by atoms with Crippen molar-refractivity contribution < 1.29 is 9.53 Å². The molecule has 3 atom stereocenters. The Morgan fingerprint density at radius 2 is 1.76 bits per heavy atom. The Labute approximate surface area is 239 Å². The number of ether oxygens (including phenoxy) is 1. The Bertz CT molecular complexity index is 1030. The van der Waals surface area contributed by atoms with Crippen LogP contribution in [0.25, 0.3) is 0 Å². The van der Waals surface area contributed by atoms with Gasteiger partial charge in [-0.2, -0.15) is 5.26 Å². The lowest BCUT2D eigenvalue weighted by Crippen LogP contribution is -2.44. The molecule has 5 nitrogen and oxygen atoms in total. The molecule has 2 aliphatic rings. The summed E-state index contributed by atoms with van der Waals surface area (Å²) in [4.78, 5) is 9.91. The van der Waals surface area contributed by atoms with E-state index in [1.165, 1.54) is 0 Å². The van der Waals surface area contributed by atoms with Crippen molar-refractivity contribution in [2.75, 3.05) is 26.3 Å². The van der Waals surface area contributed by atoms with Crippen LogP contribution in [0.1, 0.15) is 70.9 Å². The van der Waals surface area contributed by atoms with Gasteiger partial charge in [0.05, 0.1) is 6.07 Å². The van der Waals surface area contributed by atoms with Crippen LogP contribution in [0.15, 0.2) is 48.5 Å². The maximum atomic E-state index is 10.5.